The van der Waals surface area contributed by atoms with Crippen LogP contribution in [0.4, 0.5) is 5.69 Å². The Balaban J connectivity index is 1.57. The lowest BCUT2D eigenvalue weighted by Crippen LogP contribution is -2.46. The van der Waals surface area contributed by atoms with Crippen LogP contribution in [0.5, 0.6) is 11.5 Å². The van der Waals surface area contributed by atoms with Crippen molar-refractivity contribution in [2.24, 2.45) is 4.99 Å². The van der Waals surface area contributed by atoms with Gasteiger partial charge in [-0.2, -0.15) is 0 Å². The van der Waals surface area contributed by atoms with Gasteiger partial charge >= 0.3 is 0 Å². The number of methoxy groups -OCH3 is 2. The molecule has 0 N–H and O–H groups in total. The van der Waals surface area contributed by atoms with Crippen LogP contribution in [0, 0.1) is 0 Å². The highest BCUT2D eigenvalue weighted by Crippen LogP contribution is 2.35. The molecule has 144 valence electrons. The first-order valence-electron chi connectivity index (χ1n) is 8.57. The van der Waals surface area contributed by atoms with E-state index in [4.69, 9.17) is 21.1 Å². The van der Waals surface area contributed by atoms with E-state index in [2.05, 4.69) is 9.89 Å². The van der Waals surface area contributed by atoms with Gasteiger partial charge in [-0.05, 0) is 29.8 Å². The fraction of sp³-hybridized carbons (Fsp3) is 0.200. The molecular formula is C20H18ClN3O3S. The summed E-state index contributed by atoms with van der Waals surface area (Å²) in [6.45, 7) is 0.417. The van der Waals surface area contributed by atoms with Crippen LogP contribution in [0.2, 0.25) is 5.02 Å². The molecule has 2 heterocycles. The molecule has 6 nitrogen and oxygen atoms in total. The number of ether oxygens (including phenoxy) is 2. The third-order valence-electron chi connectivity index (χ3n) is 4.50. The van der Waals surface area contributed by atoms with E-state index < -0.39 is 0 Å². The zero-order valence-corrected chi connectivity index (χ0v) is 17.0. The summed E-state index contributed by atoms with van der Waals surface area (Å²) in [5.74, 6) is 1.86. The smallest absolute Gasteiger partial charge is 0.280 e. The number of rotatable bonds is 4. The number of amidine groups is 1. The zero-order valence-electron chi connectivity index (χ0n) is 15.4. The largest absolute Gasteiger partial charge is 0.493 e. The van der Waals surface area contributed by atoms with Crippen molar-refractivity contribution in [1.29, 1.82) is 0 Å². The molecule has 4 rings (SSSR count). The molecule has 0 aliphatic carbocycles. The minimum atomic E-state index is -0.132. The van der Waals surface area contributed by atoms with E-state index in [1.54, 1.807) is 31.3 Å². The molecule has 0 radical (unpaired) electrons. The SMILES string of the molecule is COc1ccc(N2CSC3=N/C(=C\c4ccccc4Cl)C(=O)N3C2)cc1OC. The van der Waals surface area contributed by atoms with Crippen LogP contribution >= 0.6 is 23.4 Å². The topological polar surface area (TPSA) is 54.4 Å². The number of benzene rings is 2. The van der Waals surface area contributed by atoms with Gasteiger partial charge in [-0.25, -0.2) is 4.99 Å². The third-order valence-corrected chi connectivity index (χ3v) is 5.86. The minimum Gasteiger partial charge on any atom is -0.493 e. The molecule has 8 heteroatoms. The molecule has 1 amide bonds. The van der Waals surface area contributed by atoms with Gasteiger partial charge in [0.2, 0.25) is 0 Å². The van der Waals surface area contributed by atoms with Crippen molar-refractivity contribution in [1.82, 2.24) is 4.90 Å². The number of carbonyl (C=O) groups excluding carboxylic acids is 1. The van der Waals surface area contributed by atoms with Crippen molar-refractivity contribution in [3.8, 4) is 11.5 Å². The molecule has 2 aliphatic heterocycles. The maximum Gasteiger partial charge on any atom is 0.280 e. The predicted molar refractivity (Wildman–Crippen MR) is 113 cm³/mol. The summed E-state index contributed by atoms with van der Waals surface area (Å²) >= 11 is 7.72. The second-order valence-electron chi connectivity index (χ2n) is 6.17. The first-order valence-corrected chi connectivity index (χ1v) is 9.93. The Morgan fingerprint density at radius 2 is 1.93 bits per heavy atom. The van der Waals surface area contributed by atoms with Gasteiger partial charge in [-0.3, -0.25) is 9.69 Å². The number of anilines is 1. The summed E-state index contributed by atoms with van der Waals surface area (Å²) < 4.78 is 10.7. The Labute approximate surface area is 172 Å². The summed E-state index contributed by atoms with van der Waals surface area (Å²) in [6.07, 6.45) is 1.73. The summed E-state index contributed by atoms with van der Waals surface area (Å²) in [7, 11) is 3.21. The first kappa shape index (κ1) is 18.7. The molecular weight excluding hydrogens is 398 g/mol. The fourth-order valence-electron chi connectivity index (χ4n) is 3.03. The van der Waals surface area contributed by atoms with Crippen molar-refractivity contribution in [2.45, 2.75) is 0 Å². The number of amides is 1. The molecule has 1 saturated heterocycles. The highest BCUT2D eigenvalue weighted by atomic mass is 35.5. The molecule has 28 heavy (non-hydrogen) atoms. The normalized spacial score (nSPS) is 17.6. The number of hydrogen-bond acceptors (Lipinski definition) is 6. The number of fused-ring (bicyclic) bond motifs is 1. The second kappa shape index (κ2) is 7.77. The van der Waals surface area contributed by atoms with E-state index in [9.17, 15) is 4.79 Å². The van der Waals surface area contributed by atoms with Gasteiger partial charge < -0.3 is 14.4 Å². The van der Waals surface area contributed by atoms with Gasteiger partial charge in [-0.15, -0.1) is 0 Å². The monoisotopic (exact) mass is 415 g/mol. The fourth-order valence-corrected chi connectivity index (χ4v) is 4.18. The molecule has 0 bridgehead atoms. The highest BCUT2D eigenvalue weighted by molar-refractivity contribution is 8.14. The number of carbonyl (C=O) groups is 1. The van der Waals surface area contributed by atoms with Gasteiger partial charge in [0, 0.05) is 16.8 Å². The quantitative estimate of drug-likeness (QED) is 0.705. The van der Waals surface area contributed by atoms with Crippen LogP contribution in [0.15, 0.2) is 53.2 Å². The Morgan fingerprint density at radius 3 is 2.68 bits per heavy atom. The van der Waals surface area contributed by atoms with Crippen LogP contribution in [0.25, 0.3) is 6.08 Å². The maximum absolute atomic E-state index is 12.9. The lowest BCUT2D eigenvalue weighted by Gasteiger charge is -2.34. The summed E-state index contributed by atoms with van der Waals surface area (Å²) in [4.78, 5) is 21.1. The van der Waals surface area contributed by atoms with Gasteiger partial charge in [0.05, 0.1) is 20.1 Å². The number of thioether (sulfide) groups is 1. The van der Waals surface area contributed by atoms with Crippen LogP contribution in [-0.2, 0) is 4.79 Å². The molecule has 2 aliphatic rings. The van der Waals surface area contributed by atoms with Gasteiger partial charge in [0.1, 0.15) is 12.4 Å². The number of aliphatic imine (C=N–C) groups is 1. The average molecular weight is 416 g/mol. The molecule has 0 aromatic heterocycles. The molecule has 2 aromatic rings. The number of nitrogens with zero attached hydrogens (tertiary/aromatic N) is 3. The van der Waals surface area contributed by atoms with Crippen LogP contribution in [0.3, 0.4) is 0 Å². The summed E-state index contributed by atoms with van der Waals surface area (Å²) in [5, 5.41) is 1.30. The second-order valence-corrected chi connectivity index (χ2v) is 7.49. The number of hydrogen-bond donors (Lipinski definition) is 0. The van der Waals surface area contributed by atoms with E-state index in [-0.39, 0.29) is 5.91 Å². The van der Waals surface area contributed by atoms with Crippen LogP contribution in [0.1, 0.15) is 5.56 Å². The number of halogens is 1. The van der Waals surface area contributed by atoms with E-state index in [1.807, 2.05) is 36.4 Å². The predicted octanol–water partition coefficient (Wildman–Crippen LogP) is 4.06. The summed E-state index contributed by atoms with van der Waals surface area (Å²) in [5.41, 5.74) is 2.11. The molecule has 0 unspecified atom stereocenters. The molecule has 0 atom stereocenters. The van der Waals surface area contributed by atoms with E-state index in [0.29, 0.717) is 39.9 Å². The van der Waals surface area contributed by atoms with Crippen molar-refractivity contribution in [3.05, 3.63) is 58.7 Å². The molecule has 0 saturated carbocycles. The van der Waals surface area contributed by atoms with Crippen molar-refractivity contribution in [2.75, 3.05) is 31.7 Å². The van der Waals surface area contributed by atoms with Crippen molar-refractivity contribution >= 4 is 46.2 Å². The lowest BCUT2D eigenvalue weighted by atomic mass is 10.2. The van der Waals surface area contributed by atoms with Gasteiger partial charge in [0.25, 0.3) is 5.91 Å². The van der Waals surface area contributed by atoms with Crippen molar-refractivity contribution < 1.29 is 14.3 Å². The summed E-state index contributed by atoms with van der Waals surface area (Å²) in [6, 6.07) is 13.1. The standard InChI is InChI=1S/C20H18ClN3O3S/c1-26-17-8-7-14(10-18(17)27-2)23-11-24-19(25)16(22-20(24)28-12-23)9-13-5-3-4-6-15(13)21/h3-10H,11-12H2,1-2H3/b16-9-. The van der Waals surface area contributed by atoms with E-state index >= 15 is 0 Å². The highest BCUT2D eigenvalue weighted by Gasteiger charge is 2.35. The molecule has 2 aromatic carbocycles. The van der Waals surface area contributed by atoms with Crippen molar-refractivity contribution in [3.63, 3.8) is 0 Å². The van der Waals surface area contributed by atoms with Gasteiger partial charge in [-0.1, -0.05) is 41.6 Å². The lowest BCUT2D eigenvalue weighted by molar-refractivity contribution is -0.122. The first-order chi connectivity index (χ1) is 13.6. The molecule has 0 spiro atoms. The molecule has 1 fully saturated rings. The maximum atomic E-state index is 12.9. The third kappa shape index (κ3) is 3.43. The Morgan fingerprint density at radius 1 is 1.14 bits per heavy atom. The minimum absolute atomic E-state index is 0.132. The average Bonchev–Trinajstić information content (AvgIpc) is 3.04. The van der Waals surface area contributed by atoms with Crippen LogP contribution in [-0.4, -0.2) is 42.7 Å². The Hall–Kier alpha value is -2.64. The zero-order chi connectivity index (χ0) is 19.7. The van der Waals surface area contributed by atoms with E-state index in [1.165, 1.54) is 11.8 Å². The Bertz CT molecular complexity index is 992. The van der Waals surface area contributed by atoms with E-state index in [0.717, 1.165) is 11.3 Å². The van der Waals surface area contributed by atoms with Crippen LogP contribution < -0.4 is 14.4 Å². The Kier molecular flexibility index (Phi) is 5.19. The van der Waals surface area contributed by atoms with Gasteiger partial charge in [0.15, 0.2) is 16.7 Å².